The fourth-order valence-electron chi connectivity index (χ4n) is 2.58. The van der Waals surface area contributed by atoms with Gasteiger partial charge in [0.05, 0.1) is 12.1 Å². The Morgan fingerprint density at radius 1 is 1.48 bits per heavy atom. The van der Waals surface area contributed by atoms with Gasteiger partial charge in [0.2, 0.25) is 11.8 Å². The van der Waals surface area contributed by atoms with Crippen molar-refractivity contribution in [2.75, 3.05) is 24.1 Å². The third-order valence-electron chi connectivity index (χ3n) is 3.81. The third-order valence-corrected chi connectivity index (χ3v) is 3.81. The van der Waals surface area contributed by atoms with Gasteiger partial charge < -0.3 is 16.4 Å². The smallest absolute Gasteiger partial charge is 0.241 e. The topological polar surface area (TPSA) is 87.5 Å². The highest BCUT2D eigenvalue weighted by Gasteiger charge is 2.34. The van der Waals surface area contributed by atoms with E-state index in [9.17, 15) is 9.59 Å². The number of piperazine rings is 1. The summed E-state index contributed by atoms with van der Waals surface area (Å²) in [6, 6.07) is 6.40. The van der Waals surface area contributed by atoms with E-state index in [2.05, 4.69) is 10.6 Å². The Kier molecular flexibility index (Phi) is 4.80. The predicted molar refractivity (Wildman–Crippen MR) is 82.7 cm³/mol. The Morgan fingerprint density at radius 2 is 2.14 bits per heavy atom. The summed E-state index contributed by atoms with van der Waals surface area (Å²) in [4.78, 5) is 26.2. The maximum Gasteiger partial charge on any atom is 0.241 e. The first-order valence-electron chi connectivity index (χ1n) is 7.22. The van der Waals surface area contributed by atoms with Crippen LogP contribution in [-0.4, -0.2) is 41.9 Å². The molecule has 0 saturated carbocycles. The van der Waals surface area contributed by atoms with E-state index < -0.39 is 0 Å². The number of nitrogens with zero attached hydrogens (tertiary/aromatic N) is 1. The number of amides is 2. The van der Waals surface area contributed by atoms with Crippen molar-refractivity contribution in [2.45, 2.75) is 32.4 Å². The zero-order valence-electron chi connectivity index (χ0n) is 12.4. The second-order valence-electron chi connectivity index (χ2n) is 5.24. The minimum Gasteiger partial charge on any atom is -0.399 e. The lowest BCUT2D eigenvalue weighted by Crippen LogP contribution is -2.59. The van der Waals surface area contributed by atoms with Crippen molar-refractivity contribution in [1.82, 2.24) is 10.2 Å². The summed E-state index contributed by atoms with van der Waals surface area (Å²) in [6.07, 6.45) is 0.686. The second kappa shape index (κ2) is 6.58. The molecule has 1 saturated heterocycles. The fourth-order valence-corrected chi connectivity index (χ4v) is 2.58. The molecule has 6 heteroatoms. The molecule has 2 amide bonds. The normalized spacial score (nSPS) is 20.7. The summed E-state index contributed by atoms with van der Waals surface area (Å²) in [5, 5.41) is 5.69. The molecule has 1 aliphatic rings. The highest BCUT2D eigenvalue weighted by Crippen LogP contribution is 2.15. The van der Waals surface area contributed by atoms with Gasteiger partial charge in [-0.2, -0.15) is 0 Å². The highest BCUT2D eigenvalue weighted by molar-refractivity contribution is 5.95. The average molecular weight is 290 g/mol. The number of carbonyl (C=O) groups is 2. The molecule has 114 valence electrons. The quantitative estimate of drug-likeness (QED) is 0.716. The molecule has 0 bridgehead atoms. The van der Waals surface area contributed by atoms with Crippen LogP contribution in [-0.2, 0) is 9.59 Å². The van der Waals surface area contributed by atoms with E-state index in [-0.39, 0.29) is 23.9 Å². The van der Waals surface area contributed by atoms with Crippen LogP contribution < -0.4 is 16.4 Å². The fraction of sp³-hybridized carbons (Fsp3) is 0.467. The summed E-state index contributed by atoms with van der Waals surface area (Å²) >= 11 is 0. The number of anilines is 2. The molecule has 2 unspecified atom stereocenters. The lowest BCUT2D eigenvalue weighted by atomic mass is 10.1. The molecule has 0 aliphatic carbocycles. The Balaban J connectivity index is 2.04. The molecule has 1 aromatic carbocycles. The Labute approximate surface area is 124 Å². The van der Waals surface area contributed by atoms with Crippen molar-refractivity contribution in [2.24, 2.45) is 0 Å². The monoisotopic (exact) mass is 290 g/mol. The number of nitrogens with two attached hydrogens (primary N) is 1. The first kappa shape index (κ1) is 15.3. The van der Waals surface area contributed by atoms with Crippen molar-refractivity contribution in [3.05, 3.63) is 24.3 Å². The van der Waals surface area contributed by atoms with Gasteiger partial charge in [-0.3, -0.25) is 14.5 Å². The lowest BCUT2D eigenvalue weighted by molar-refractivity contribution is -0.133. The van der Waals surface area contributed by atoms with E-state index >= 15 is 0 Å². The minimum absolute atomic E-state index is 0.00381. The number of rotatable bonds is 4. The molecule has 6 nitrogen and oxygen atoms in total. The van der Waals surface area contributed by atoms with E-state index in [0.717, 1.165) is 0 Å². The predicted octanol–water partition coefficient (Wildman–Crippen LogP) is 0.806. The standard InChI is InChI=1S/C15H22N4O2/c1-3-13-15(21)17-8-9-19(13)10(2)14(20)18-12-6-4-11(16)5-7-12/h4-7,10,13H,3,8-9,16H2,1-2H3,(H,17,21)(H,18,20). The van der Waals surface area contributed by atoms with Crippen LogP contribution in [0.3, 0.4) is 0 Å². The number of hydrogen-bond acceptors (Lipinski definition) is 4. The van der Waals surface area contributed by atoms with E-state index in [1.807, 2.05) is 18.7 Å². The van der Waals surface area contributed by atoms with Crippen LogP contribution in [0.2, 0.25) is 0 Å². The second-order valence-corrected chi connectivity index (χ2v) is 5.24. The maximum absolute atomic E-state index is 12.3. The van der Waals surface area contributed by atoms with Crippen LogP contribution in [0.4, 0.5) is 11.4 Å². The molecule has 1 aromatic rings. The first-order chi connectivity index (χ1) is 10.0. The Morgan fingerprint density at radius 3 is 2.76 bits per heavy atom. The number of hydrogen-bond donors (Lipinski definition) is 3. The van der Waals surface area contributed by atoms with Crippen molar-refractivity contribution in [3.63, 3.8) is 0 Å². The van der Waals surface area contributed by atoms with Gasteiger partial charge in [-0.1, -0.05) is 6.92 Å². The minimum atomic E-state index is -0.362. The summed E-state index contributed by atoms with van der Waals surface area (Å²) in [6.45, 7) is 5.04. The Bertz CT molecular complexity index is 515. The van der Waals surface area contributed by atoms with Gasteiger partial charge in [0.15, 0.2) is 0 Å². The Hall–Kier alpha value is -2.08. The van der Waals surface area contributed by atoms with Gasteiger partial charge in [0.1, 0.15) is 0 Å². The van der Waals surface area contributed by atoms with Gasteiger partial charge in [-0.05, 0) is 37.6 Å². The number of benzene rings is 1. The first-order valence-corrected chi connectivity index (χ1v) is 7.22. The molecule has 0 spiro atoms. The van der Waals surface area contributed by atoms with E-state index in [4.69, 9.17) is 5.73 Å². The molecule has 0 radical (unpaired) electrons. The van der Waals surface area contributed by atoms with Crippen LogP contribution in [0, 0.1) is 0 Å². The summed E-state index contributed by atoms with van der Waals surface area (Å²) in [5.41, 5.74) is 6.98. The molecule has 21 heavy (non-hydrogen) atoms. The zero-order valence-corrected chi connectivity index (χ0v) is 12.4. The number of nitrogens with one attached hydrogen (secondary N) is 2. The van der Waals surface area contributed by atoms with Crippen LogP contribution in [0.1, 0.15) is 20.3 Å². The van der Waals surface area contributed by atoms with Gasteiger partial charge >= 0.3 is 0 Å². The largest absolute Gasteiger partial charge is 0.399 e. The van der Waals surface area contributed by atoms with Gasteiger partial charge in [-0.15, -0.1) is 0 Å². The van der Waals surface area contributed by atoms with Crippen LogP contribution >= 0.6 is 0 Å². The number of nitrogen functional groups attached to an aromatic ring is 1. The lowest BCUT2D eigenvalue weighted by Gasteiger charge is -2.37. The van der Waals surface area contributed by atoms with E-state index in [0.29, 0.717) is 30.9 Å². The van der Waals surface area contributed by atoms with Crippen molar-refractivity contribution in [1.29, 1.82) is 0 Å². The molecule has 1 aliphatic heterocycles. The molecule has 2 rings (SSSR count). The van der Waals surface area contributed by atoms with Gasteiger partial charge in [-0.25, -0.2) is 0 Å². The van der Waals surface area contributed by atoms with Crippen LogP contribution in [0.5, 0.6) is 0 Å². The molecule has 1 fully saturated rings. The van der Waals surface area contributed by atoms with E-state index in [1.54, 1.807) is 24.3 Å². The maximum atomic E-state index is 12.3. The molecular weight excluding hydrogens is 268 g/mol. The number of carbonyl (C=O) groups excluding carboxylic acids is 2. The van der Waals surface area contributed by atoms with Gasteiger partial charge in [0, 0.05) is 24.5 Å². The summed E-state index contributed by atoms with van der Waals surface area (Å²) in [5.74, 6) is -0.121. The average Bonchev–Trinajstić information content (AvgIpc) is 2.48. The molecule has 4 N–H and O–H groups in total. The SMILES string of the molecule is CCC1C(=O)NCCN1C(C)C(=O)Nc1ccc(N)cc1. The summed E-state index contributed by atoms with van der Waals surface area (Å²) < 4.78 is 0. The zero-order chi connectivity index (χ0) is 15.4. The van der Waals surface area contributed by atoms with Crippen LogP contribution in [0.25, 0.3) is 0 Å². The highest BCUT2D eigenvalue weighted by atomic mass is 16.2. The molecule has 1 heterocycles. The third kappa shape index (κ3) is 3.52. The van der Waals surface area contributed by atoms with E-state index in [1.165, 1.54) is 0 Å². The van der Waals surface area contributed by atoms with Crippen molar-refractivity contribution < 1.29 is 9.59 Å². The van der Waals surface area contributed by atoms with Crippen LogP contribution in [0.15, 0.2) is 24.3 Å². The van der Waals surface area contributed by atoms with Gasteiger partial charge in [0.25, 0.3) is 0 Å². The van der Waals surface area contributed by atoms with Crippen molar-refractivity contribution >= 4 is 23.2 Å². The summed E-state index contributed by atoms with van der Waals surface area (Å²) in [7, 11) is 0. The van der Waals surface area contributed by atoms with Crippen molar-refractivity contribution in [3.8, 4) is 0 Å². The molecular formula is C15H22N4O2. The molecule has 0 aromatic heterocycles. The molecule has 2 atom stereocenters.